The molecule has 0 bridgehead atoms. The fourth-order valence-electron chi connectivity index (χ4n) is 2.96. The molecule has 0 radical (unpaired) electrons. The van der Waals surface area contributed by atoms with Crippen LogP contribution in [0, 0.1) is 0 Å². The van der Waals surface area contributed by atoms with Crippen molar-refractivity contribution in [3.63, 3.8) is 0 Å². The number of benzene rings is 1. The quantitative estimate of drug-likeness (QED) is 0.729. The zero-order valence-corrected chi connectivity index (χ0v) is 12.4. The third-order valence-corrected chi connectivity index (χ3v) is 4.05. The van der Waals surface area contributed by atoms with Crippen LogP contribution in [-0.4, -0.2) is 38.8 Å². The molecule has 0 amide bonds. The summed E-state index contributed by atoms with van der Waals surface area (Å²) < 4.78 is 29.1. The molecule has 5 nitrogen and oxygen atoms in total. The van der Waals surface area contributed by atoms with Crippen LogP contribution in [0.3, 0.4) is 0 Å². The summed E-state index contributed by atoms with van der Waals surface area (Å²) in [6.45, 7) is 0.282. The highest BCUT2D eigenvalue weighted by atomic mass is 19.3. The maximum Gasteiger partial charge on any atom is 0.265 e. The van der Waals surface area contributed by atoms with E-state index in [4.69, 9.17) is 0 Å². The fraction of sp³-hybridized carbons (Fsp3) is 0.312. The Bertz CT molecular complexity index is 831. The van der Waals surface area contributed by atoms with E-state index in [1.807, 2.05) is 36.4 Å². The number of alkyl halides is 2. The second-order valence-electron chi connectivity index (χ2n) is 5.76. The van der Waals surface area contributed by atoms with Crippen LogP contribution < -0.4 is 4.90 Å². The molecule has 0 atom stereocenters. The van der Waals surface area contributed by atoms with Gasteiger partial charge in [-0.05, 0) is 12.5 Å². The normalized spacial score (nSPS) is 17.6. The van der Waals surface area contributed by atoms with Gasteiger partial charge in [0.2, 0.25) is 5.65 Å². The standard InChI is InChI=1S/C16H15F2N5/c17-16(18)7-4-8-22(10-16)14-9-13(12-5-2-1-3-6-12)21-23-11-19-20-15(14)23/h1-3,5-6,9,11H,4,7-8,10H2. The molecule has 118 valence electrons. The van der Waals surface area contributed by atoms with Gasteiger partial charge in [0.15, 0.2) is 0 Å². The summed E-state index contributed by atoms with van der Waals surface area (Å²) in [6.07, 6.45) is 1.88. The maximum atomic E-state index is 13.8. The average molecular weight is 315 g/mol. The molecule has 0 spiro atoms. The first-order valence-corrected chi connectivity index (χ1v) is 7.52. The minimum Gasteiger partial charge on any atom is -0.362 e. The predicted molar refractivity (Wildman–Crippen MR) is 82.6 cm³/mol. The van der Waals surface area contributed by atoms with Gasteiger partial charge in [-0.25, -0.2) is 8.78 Å². The van der Waals surface area contributed by atoms with Crippen molar-refractivity contribution < 1.29 is 8.78 Å². The lowest BCUT2D eigenvalue weighted by molar-refractivity contribution is -0.0116. The van der Waals surface area contributed by atoms with Crippen LogP contribution in [0.1, 0.15) is 12.8 Å². The number of hydrogen-bond acceptors (Lipinski definition) is 4. The van der Waals surface area contributed by atoms with E-state index in [0.717, 1.165) is 5.56 Å². The lowest BCUT2D eigenvalue weighted by Crippen LogP contribution is -2.42. The molecule has 0 N–H and O–H groups in total. The molecule has 3 aromatic rings. The minimum atomic E-state index is -2.68. The van der Waals surface area contributed by atoms with Gasteiger partial charge in [-0.3, -0.25) is 0 Å². The summed E-state index contributed by atoms with van der Waals surface area (Å²) in [4.78, 5) is 1.68. The first kappa shape index (κ1) is 14.0. The second kappa shape index (κ2) is 5.26. The third kappa shape index (κ3) is 2.62. The predicted octanol–water partition coefficient (Wildman–Crippen LogP) is 3.03. The Labute approximate surface area is 131 Å². The number of halogens is 2. The van der Waals surface area contributed by atoms with E-state index in [0.29, 0.717) is 30.0 Å². The summed E-state index contributed by atoms with van der Waals surface area (Å²) >= 11 is 0. The number of anilines is 1. The Morgan fingerprint density at radius 2 is 1.96 bits per heavy atom. The van der Waals surface area contributed by atoms with Crippen LogP contribution in [0.5, 0.6) is 0 Å². The van der Waals surface area contributed by atoms with Gasteiger partial charge in [0.05, 0.1) is 17.9 Å². The van der Waals surface area contributed by atoms with Crippen LogP contribution >= 0.6 is 0 Å². The topological polar surface area (TPSA) is 46.3 Å². The largest absolute Gasteiger partial charge is 0.362 e. The SMILES string of the molecule is FC1(F)CCCN(c2cc(-c3ccccc3)nn3cnnc23)C1. The van der Waals surface area contributed by atoms with Crippen LogP contribution in [0.4, 0.5) is 14.5 Å². The smallest absolute Gasteiger partial charge is 0.265 e. The summed E-state index contributed by atoms with van der Waals surface area (Å²) in [7, 11) is 0. The lowest BCUT2D eigenvalue weighted by Gasteiger charge is -2.34. The Morgan fingerprint density at radius 3 is 2.74 bits per heavy atom. The minimum absolute atomic E-state index is 0.0664. The molecule has 1 aliphatic heterocycles. The highest BCUT2D eigenvalue weighted by Crippen LogP contribution is 2.33. The van der Waals surface area contributed by atoms with Gasteiger partial charge in [-0.2, -0.15) is 9.61 Å². The monoisotopic (exact) mass is 315 g/mol. The Kier molecular flexibility index (Phi) is 3.21. The van der Waals surface area contributed by atoms with E-state index in [9.17, 15) is 8.78 Å². The van der Waals surface area contributed by atoms with Gasteiger partial charge < -0.3 is 4.90 Å². The van der Waals surface area contributed by atoms with E-state index in [1.165, 1.54) is 6.33 Å². The number of nitrogens with zero attached hydrogens (tertiary/aromatic N) is 5. The zero-order chi connectivity index (χ0) is 15.9. The lowest BCUT2D eigenvalue weighted by atomic mass is 10.1. The molecule has 0 aliphatic carbocycles. The molecular weight excluding hydrogens is 300 g/mol. The summed E-state index contributed by atoms with van der Waals surface area (Å²) in [5.41, 5.74) is 2.79. The van der Waals surface area contributed by atoms with E-state index >= 15 is 0 Å². The van der Waals surface area contributed by atoms with E-state index in [-0.39, 0.29) is 13.0 Å². The number of hydrogen-bond donors (Lipinski definition) is 0. The Hall–Kier alpha value is -2.57. The van der Waals surface area contributed by atoms with Crippen molar-refractivity contribution in [3.05, 3.63) is 42.7 Å². The van der Waals surface area contributed by atoms with Crippen molar-refractivity contribution in [1.82, 2.24) is 19.8 Å². The summed E-state index contributed by atoms with van der Waals surface area (Å²) in [5, 5.41) is 12.4. The molecular formula is C16H15F2N5. The number of piperidine rings is 1. The van der Waals surface area contributed by atoms with Gasteiger partial charge in [0, 0.05) is 18.5 Å². The molecule has 1 aromatic carbocycles. The van der Waals surface area contributed by atoms with E-state index < -0.39 is 5.92 Å². The van der Waals surface area contributed by atoms with Crippen LogP contribution in [0.25, 0.3) is 16.9 Å². The third-order valence-electron chi connectivity index (χ3n) is 4.05. The van der Waals surface area contributed by atoms with Crippen molar-refractivity contribution in [2.24, 2.45) is 0 Å². The zero-order valence-electron chi connectivity index (χ0n) is 12.4. The first-order valence-electron chi connectivity index (χ1n) is 7.52. The molecule has 1 saturated heterocycles. The van der Waals surface area contributed by atoms with Gasteiger partial charge in [-0.1, -0.05) is 30.3 Å². The van der Waals surface area contributed by atoms with Crippen molar-refractivity contribution in [2.75, 3.05) is 18.0 Å². The average Bonchev–Trinajstić information content (AvgIpc) is 3.02. The Balaban J connectivity index is 1.83. The van der Waals surface area contributed by atoms with Crippen LogP contribution in [0.2, 0.25) is 0 Å². The summed E-state index contributed by atoms with van der Waals surface area (Å²) in [6, 6.07) is 11.5. The molecule has 3 heterocycles. The van der Waals surface area contributed by atoms with Crippen molar-refractivity contribution >= 4 is 11.3 Å². The molecule has 7 heteroatoms. The first-order chi connectivity index (χ1) is 11.1. The molecule has 1 aliphatic rings. The highest BCUT2D eigenvalue weighted by molar-refractivity contribution is 5.74. The van der Waals surface area contributed by atoms with Crippen molar-refractivity contribution in [1.29, 1.82) is 0 Å². The molecule has 23 heavy (non-hydrogen) atoms. The van der Waals surface area contributed by atoms with Gasteiger partial charge >= 0.3 is 0 Å². The van der Waals surface area contributed by atoms with Gasteiger partial charge in [0.1, 0.15) is 6.33 Å². The molecule has 1 fully saturated rings. The highest BCUT2D eigenvalue weighted by Gasteiger charge is 2.36. The van der Waals surface area contributed by atoms with Gasteiger partial charge in [0.25, 0.3) is 5.92 Å². The van der Waals surface area contributed by atoms with E-state index in [1.54, 1.807) is 9.42 Å². The number of aromatic nitrogens is 4. The Morgan fingerprint density at radius 1 is 1.13 bits per heavy atom. The number of fused-ring (bicyclic) bond motifs is 1. The maximum absolute atomic E-state index is 13.8. The number of rotatable bonds is 2. The van der Waals surface area contributed by atoms with Crippen LogP contribution in [-0.2, 0) is 0 Å². The van der Waals surface area contributed by atoms with Crippen molar-refractivity contribution in [3.8, 4) is 11.3 Å². The fourth-order valence-corrected chi connectivity index (χ4v) is 2.96. The van der Waals surface area contributed by atoms with E-state index in [2.05, 4.69) is 15.3 Å². The van der Waals surface area contributed by atoms with Gasteiger partial charge in [-0.15, -0.1) is 10.2 Å². The van der Waals surface area contributed by atoms with Crippen molar-refractivity contribution in [2.45, 2.75) is 18.8 Å². The molecule has 2 aromatic heterocycles. The molecule has 4 rings (SSSR count). The molecule has 0 unspecified atom stereocenters. The summed E-state index contributed by atoms with van der Waals surface area (Å²) in [5.74, 6) is -2.68. The second-order valence-corrected chi connectivity index (χ2v) is 5.76. The van der Waals surface area contributed by atoms with Crippen LogP contribution in [0.15, 0.2) is 42.7 Å². The molecule has 0 saturated carbocycles.